The lowest BCUT2D eigenvalue weighted by atomic mass is 9.98. The first kappa shape index (κ1) is 21.2. The molecule has 1 saturated heterocycles. The molecule has 0 aromatic heterocycles. The van der Waals surface area contributed by atoms with E-state index in [1.54, 1.807) is 0 Å². The van der Waals surface area contributed by atoms with Gasteiger partial charge in [0.05, 0.1) is 17.1 Å². The molecule has 2 aliphatic heterocycles. The number of dihydropyridines is 1. The summed E-state index contributed by atoms with van der Waals surface area (Å²) in [5.74, 6) is 0. The Bertz CT molecular complexity index is 756. The van der Waals surface area contributed by atoms with Crippen LogP contribution in [-0.2, 0) is 0 Å². The molecule has 0 amide bonds. The Kier molecular flexibility index (Phi) is 8.38. The Morgan fingerprint density at radius 3 is 3.03 bits per heavy atom. The molecule has 3 aliphatic rings. The third-order valence-electron chi connectivity index (χ3n) is 5.21. The smallest absolute Gasteiger partial charge is 0.0737 e. The average molecular weight is 394 g/mol. The number of unbranched alkanes of at least 4 members (excludes halogenated alkanes) is 1. The number of aliphatic imine (C=N–C) groups is 1. The van der Waals surface area contributed by atoms with Crippen LogP contribution in [0.1, 0.15) is 33.1 Å². The van der Waals surface area contributed by atoms with E-state index in [4.69, 9.17) is 0 Å². The molecule has 156 valence electrons. The molecule has 0 spiro atoms. The Labute approximate surface area is 175 Å². The lowest BCUT2D eigenvalue weighted by Gasteiger charge is -2.30. The molecule has 0 radical (unpaired) electrons. The highest BCUT2D eigenvalue weighted by molar-refractivity contribution is 6.12. The standard InChI is InChI=1S/C24H35N5/c1-3-5-7-21-9-8-20(17-22(21)27-11-4-2)18-28-23-19-26-13-10-24(23)29-15-6-12-25-14-16-29/h4,7-11,17,19,25-26,28H,3,5-6,12-16,18H2,1-2H3/b11-4-,21-7+,27-22-. The molecule has 0 saturated carbocycles. The molecule has 0 unspecified atom stereocenters. The van der Waals surface area contributed by atoms with Gasteiger partial charge in [0.15, 0.2) is 0 Å². The minimum Gasteiger partial charge on any atom is -0.386 e. The summed E-state index contributed by atoms with van der Waals surface area (Å²) in [4.78, 5) is 7.13. The van der Waals surface area contributed by atoms with Crippen LogP contribution in [0.5, 0.6) is 0 Å². The molecule has 0 aromatic rings. The molecule has 3 rings (SSSR count). The van der Waals surface area contributed by atoms with Crippen LogP contribution in [-0.4, -0.2) is 49.9 Å². The summed E-state index contributed by atoms with van der Waals surface area (Å²) in [5, 5.41) is 10.5. The highest BCUT2D eigenvalue weighted by atomic mass is 15.2. The maximum absolute atomic E-state index is 4.64. The van der Waals surface area contributed by atoms with Crippen molar-refractivity contribution in [1.82, 2.24) is 20.9 Å². The van der Waals surface area contributed by atoms with E-state index in [0.29, 0.717) is 0 Å². The monoisotopic (exact) mass is 393 g/mol. The van der Waals surface area contributed by atoms with Crippen LogP contribution < -0.4 is 16.0 Å². The molecular formula is C24H35N5. The molecule has 29 heavy (non-hydrogen) atoms. The molecule has 1 fully saturated rings. The number of hydrogen-bond donors (Lipinski definition) is 3. The van der Waals surface area contributed by atoms with Crippen LogP contribution in [0.2, 0.25) is 0 Å². The van der Waals surface area contributed by atoms with Gasteiger partial charge in [-0.05, 0) is 49.6 Å². The number of nitrogens with one attached hydrogen (secondary N) is 3. The van der Waals surface area contributed by atoms with E-state index < -0.39 is 0 Å². The van der Waals surface area contributed by atoms with Crippen LogP contribution in [0.4, 0.5) is 0 Å². The van der Waals surface area contributed by atoms with Crippen LogP contribution >= 0.6 is 0 Å². The van der Waals surface area contributed by atoms with Crippen molar-refractivity contribution in [2.24, 2.45) is 4.99 Å². The second kappa shape index (κ2) is 11.5. The number of hydrogen-bond acceptors (Lipinski definition) is 5. The Morgan fingerprint density at radius 2 is 2.17 bits per heavy atom. The van der Waals surface area contributed by atoms with E-state index in [1.165, 1.54) is 29.0 Å². The van der Waals surface area contributed by atoms with E-state index >= 15 is 0 Å². The molecule has 0 atom stereocenters. The average Bonchev–Trinajstić information content (AvgIpc) is 3.05. The van der Waals surface area contributed by atoms with E-state index in [1.807, 2.05) is 19.2 Å². The van der Waals surface area contributed by atoms with E-state index in [-0.39, 0.29) is 0 Å². The van der Waals surface area contributed by atoms with Crippen molar-refractivity contribution < 1.29 is 0 Å². The number of nitrogens with zero attached hydrogens (tertiary/aromatic N) is 2. The van der Waals surface area contributed by atoms with Gasteiger partial charge in [-0.3, -0.25) is 4.99 Å². The summed E-state index contributed by atoms with van der Waals surface area (Å²) < 4.78 is 0. The van der Waals surface area contributed by atoms with Crippen molar-refractivity contribution in [2.75, 3.05) is 39.3 Å². The maximum Gasteiger partial charge on any atom is 0.0737 e. The summed E-state index contributed by atoms with van der Waals surface area (Å²) in [6.07, 6.45) is 20.5. The normalized spacial score (nSPS) is 23.0. The maximum atomic E-state index is 4.64. The SMILES string of the molecule is C\C=C/N=C1/C=C(CNC2=CNCC=C2N2CCCNCC2)C=C/C1=C\CCC. The van der Waals surface area contributed by atoms with Crippen molar-refractivity contribution in [3.8, 4) is 0 Å². The van der Waals surface area contributed by atoms with Gasteiger partial charge in [-0.1, -0.05) is 37.6 Å². The van der Waals surface area contributed by atoms with Gasteiger partial charge in [0.25, 0.3) is 0 Å². The first-order chi connectivity index (χ1) is 14.3. The second-order valence-electron chi connectivity index (χ2n) is 7.50. The minimum absolute atomic E-state index is 0.781. The fourth-order valence-electron chi connectivity index (χ4n) is 3.66. The van der Waals surface area contributed by atoms with E-state index in [0.717, 1.165) is 57.8 Å². The highest BCUT2D eigenvalue weighted by Gasteiger charge is 2.18. The summed E-state index contributed by atoms with van der Waals surface area (Å²) in [6.45, 7) is 10.2. The Balaban J connectivity index is 1.67. The predicted molar refractivity (Wildman–Crippen MR) is 124 cm³/mol. The molecule has 5 heteroatoms. The van der Waals surface area contributed by atoms with Gasteiger partial charge in [-0.25, -0.2) is 0 Å². The zero-order valence-electron chi connectivity index (χ0n) is 17.9. The topological polar surface area (TPSA) is 51.7 Å². The van der Waals surface area contributed by atoms with Crippen molar-refractivity contribution in [3.63, 3.8) is 0 Å². The van der Waals surface area contributed by atoms with Crippen LogP contribution in [0.3, 0.4) is 0 Å². The summed E-state index contributed by atoms with van der Waals surface area (Å²) in [7, 11) is 0. The summed E-state index contributed by atoms with van der Waals surface area (Å²) in [6, 6.07) is 0. The van der Waals surface area contributed by atoms with Gasteiger partial charge in [0.1, 0.15) is 0 Å². The third-order valence-corrected chi connectivity index (χ3v) is 5.21. The fourth-order valence-corrected chi connectivity index (χ4v) is 3.66. The second-order valence-corrected chi connectivity index (χ2v) is 7.50. The van der Waals surface area contributed by atoms with Crippen LogP contribution in [0.15, 0.2) is 76.4 Å². The van der Waals surface area contributed by atoms with Gasteiger partial charge in [-0.15, -0.1) is 0 Å². The minimum atomic E-state index is 0.781. The lowest BCUT2D eigenvalue weighted by Crippen LogP contribution is -2.35. The molecule has 0 aromatic carbocycles. The zero-order chi connectivity index (χ0) is 20.3. The number of rotatable bonds is 7. The van der Waals surface area contributed by atoms with Crippen LogP contribution in [0.25, 0.3) is 0 Å². The Hall–Kier alpha value is -2.53. The van der Waals surface area contributed by atoms with Crippen LogP contribution in [0, 0.1) is 0 Å². The van der Waals surface area contributed by atoms with Gasteiger partial charge in [-0.2, -0.15) is 0 Å². The largest absolute Gasteiger partial charge is 0.386 e. The van der Waals surface area contributed by atoms with Crippen molar-refractivity contribution in [1.29, 1.82) is 0 Å². The molecular weight excluding hydrogens is 358 g/mol. The van der Waals surface area contributed by atoms with Gasteiger partial charge >= 0.3 is 0 Å². The molecule has 5 nitrogen and oxygen atoms in total. The fraction of sp³-hybridized carbons (Fsp3) is 0.458. The first-order valence-corrected chi connectivity index (χ1v) is 10.9. The molecule has 2 heterocycles. The van der Waals surface area contributed by atoms with Gasteiger partial charge < -0.3 is 20.9 Å². The third kappa shape index (κ3) is 6.23. The molecule has 0 bridgehead atoms. The zero-order valence-corrected chi connectivity index (χ0v) is 17.9. The van der Waals surface area contributed by atoms with Gasteiger partial charge in [0.2, 0.25) is 0 Å². The number of allylic oxidation sites excluding steroid dienone is 5. The summed E-state index contributed by atoms with van der Waals surface area (Å²) >= 11 is 0. The first-order valence-electron chi connectivity index (χ1n) is 10.9. The molecule has 1 aliphatic carbocycles. The molecule has 3 N–H and O–H groups in total. The van der Waals surface area contributed by atoms with Crippen molar-refractivity contribution in [2.45, 2.75) is 33.1 Å². The highest BCUT2D eigenvalue weighted by Crippen LogP contribution is 2.19. The Morgan fingerprint density at radius 1 is 1.24 bits per heavy atom. The van der Waals surface area contributed by atoms with E-state index in [9.17, 15) is 0 Å². The van der Waals surface area contributed by atoms with E-state index in [2.05, 4.69) is 69.3 Å². The predicted octanol–water partition coefficient (Wildman–Crippen LogP) is 3.40. The van der Waals surface area contributed by atoms with Gasteiger partial charge in [0, 0.05) is 45.1 Å². The lowest BCUT2D eigenvalue weighted by molar-refractivity contribution is 0.366. The quantitative estimate of drug-likeness (QED) is 0.621. The van der Waals surface area contributed by atoms with Crippen molar-refractivity contribution in [3.05, 3.63) is 71.4 Å². The van der Waals surface area contributed by atoms with Crippen molar-refractivity contribution >= 4 is 5.71 Å². The summed E-state index contributed by atoms with van der Waals surface area (Å²) in [5.41, 5.74) is 5.99.